The smallest absolute Gasteiger partial charge is 0.261 e. The maximum Gasteiger partial charge on any atom is 0.261 e. The number of para-hydroxylation sites is 1. The van der Waals surface area contributed by atoms with Crippen LogP contribution in [0.4, 0.5) is 0 Å². The zero-order valence-electron chi connectivity index (χ0n) is 17.5. The van der Waals surface area contributed by atoms with E-state index in [0.29, 0.717) is 24.2 Å². The van der Waals surface area contributed by atoms with E-state index in [1.807, 2.05) is 103 Å². The summed E-state index contributed by atoms with van der Waals surface area (Å²) in [6.45, 7) is 0.455. The molecule has 0 spiro atoms. The van der Waals surface area contributed by atoms with E-state index in [4.69, 9.17) is 5.10 Å². The second kappa shape index (κ2) is 10.1. The minimum atomic E-state index is -0.394. The Bertz CT molecular complexity index is 1250. The molecule has 1 N–H and O–H groups in total. The lowest BCUT2D eigenvalue weighted by atomic mass is 10.1. The van der Waals surface area contributed by atoms with Crippen LogP contribution in [0.5, 0.6) is 0 Å². The maximum atomic E-state index is 12.7. The van der Waals surface area contributed by atoms with Crippen LogP contribution in [0.25, 0.3) is 23.0 Å². The van der Waals surface area contributed by atoms with Gasteiger partial charge < -0.3 is 5.32 Å². The number of hydrogen-bond acceptors (Lipinski definition) is 3. The van der Waals surface area contributed by atoms with Crippen molar-refractivity contribution < 1.29 is 4.79 Å². The van der Waals surface area contributed by atoms with Crippen LogP contribution in [0.2, 0.25) is 0 Å². The molecule has 1 aromatic heterocycles. The van der Waals surface area contributed by atoms with Gasteiger partial charge in [-0.2, -0.15) is 10.4 Å². The molecule has 156 valence electrons. The number of aromatic nitrogens is 2. The van der Waals surface area contributed by atoms with Crippen molar-refractivity contribution in [3.8, 4) is 23.0 Å². The third-order valence-electron chi connectivity index (χ3n) is 5.02. The molecule has 0 bridgehead atoms. The highest BCUT2D eigenvalue weighted by Crippen LogP contribution is 2.25. The quantitative estimate of drug-likeness (QED) is 0.346. The fourth-order valence-electron chi connectivity index (χ4n) is 3.39. The van der Waals surface area contributed by atoms with Crippen LogP contribution in [0.3, 0.4) is 0 Å². The van der Waals surface area contributed by atoms with Crippen molar-refractivity contribution in [1.29, 1.82) is 5.26 Å². The normalized spacial score (nSPS) is 11.0. The van der Waals surface area contributed by atoms with Crippen LogP contribution in [0, 0.1) is 11.3 Å². The molecule has 0 unspecified atom stereocenters. The summed E-state index contributed by atoms with van der Waals surface area (Å²) < 4.78 is 1.76. The van der Waals surface area contributed by atoms with E-state index in [0.717, 1.165) is 16.8 Å². The Morgan fingerprint density at radius 3 is 2.22 bits per heavy atom. The van der Waals surface area contributed by atoms with Gasteiger partial charge in [0.05, 0.1) is 11.4 Å². The summed E-state index contributed by atoms with van der Waals surface area (Å²) >= 11 is 0. The van der Waals surface area contributed by atoms with Crippen LogP contribution >= 0.6 is 0 Å². The predicted molar refractivity (Wildman–Crippen MR) is 126 cm³/mol. The van der Waals surface area contributed by atoms with Crippen LogP contribution in [0.1, 0.15) is 11.1 Å². The highest BCUT2D eigenvalue weighted by atomic mass is 16.1. The van der Waals surface area contributed by atoms with Crippen LogP contribution in [-0.2, 0) is 11.2 Å². The van der Waals surface area contributed by atoms with E-state index in [2.05, 4.69) is 5.32 Å². The van der Waals surface area contributed by atoms with Gasteiger partial charge in [-0.3, -0.25) is 4.79 Å². The number of hydrogen-bond donors (Lipinski definition) is 1. The van der Waals surface area contributed by atoms with Crippen LogP contribution in [-0.4, -0.2) is 22.2 Å². The molecular weight excluding hydrogens is 396 g/mol. The van der Waals surface area contributed by atoms with Gasteiger partial charge in [-0.05, 0) is 30.2 Å². The first-order valence-electron chi connectivity index (χ1n) is 10.4. The second-order valence-electron chi connectivity index (χ2n) is 7.24. The van der Waals surface area contributed by atoms with E-state index in [9.17, 15) is 10.1 Å². The lowest BCUT2D eigenvalue weighted by molar-refractivity contribution is -0.117. The second-order valence-corrected chi connectivity index (χ2v) is 7.24. The summed E-state index contributed by atoms with van der Waals surface area (Å²) in [7, 11) is 0. The first kappa shape index (κ1) is 20.8. The number of rotatable bonds is 7. The van der Waals surface area contributed by atoms with Crippen molar-refractivity contribution in [3.63, 3.8) is 0 Å². The molecule has 32 heavy (non-hydrogen) atoms. The topological polar surface area (TPSA) is 70.7 Å². The molecule has 0 fully saturated rings. The predicted octanol–water partition coefficient (Wildman–Crippen LogP) is 4.81. The molecule has 3 aromatic carbocycles. The lowest BCUT2D eigenvalue weighted by Crippen LogP contribution is -2.26. The average Bonchev–Trinajstić information content (AvgIpc) is 3.28. The fraction of sp³-hybridized carbons (Fsp3) is 0.0741. The van der Waals surface area contributed by atoms with Crippen molar-refractivity contribution >= 4 is 12.0 Å². The number of nitrogens with zero attached hydrogens (tertiary/aromatic N) is 3. The first-order valence-corrected chi connectivity index (χ1v) is 10.4. The number of amides is 1. The summed E-state index contributed by atoms with van der Waals surface area (Å²) in [5, 5.41) is 17.2. The standard InChI is InChI=1S/C27H22N4O/c28-19-23(27(32)29-17-16-21-10-4-1-5-11-21)18-24-20-31(25-14-8-3-9-15-25)30-26(24)22-12-6-2-7-13-22/h1-15,18,20H,16-17H2,(H,29,32). The number of nitrogens with one attached hydrogen (secondary N) is 1. The van der Waals surface area contributed by atoms with Gasteiger partial charge in [0, 0.05) is 23.9 Å². The SMILES string of the molecule is N#CC(=Cc1cn(-c2ccccc2)nc1-c1ccccc1)C(=O)NCCc1ccccc1. The summed E-state index contributed by atoms with van der Waals surface area (Å²) in [4.78, 5) is 12.7. The van der Waals surface area contributed by atoms with Crippen molar-refractivity contribution in [2.75, 3.05) is 6.54 Å². The number of benzene rings is 3. The monoisotopic (exact) mass is 418 g/mol. The Morgan fingerprint density at radius 1 is 0.938 bits per heavy atom. The highest BCUT2D eigenvalue weighted by molar-refractivity contribution is 6.02. The number of carbonyl (C=O) groups is 1. The summed E-state index contributed by atoms with van der Waals surface area (Å²) in [5.74, 6) is -0.394. The van der Waals surface area contributed by atoms with Crippen molar-refractivity contribution in [2.45, 2.75) is 6.42 Å². The third-order valence-corrected chi connectivity index (χ3v) is 5.02. The average molecular weight is 419 g/mol. The van der Waals surface area contributed by atoms with Gasteiger partial charge in [0.2, 0.25) is 0 Å². The molecule has 0 aliphatic carbocycles. The molecule has 4 rings (SSSR count). The third kappa shape index (κ3) is 5.00. The van der Waals surface area contributed by atoms with E-state index in [1.165, 1.54) is 0 Å². The van der Waals surface area contributed by atoms with Crippen LogP contribution < -0.4 is 5.32 Å². The largest absolute Gasteiger partial charge is 0.351 e. The fourth-order valence-corrected chi connectivity index (χ4v) is 3.39. The van der Waals surface area contributed by atoms with Crippen molar-refractivity contribution in [2.24, 2.45) is 0 Å². The Morgan fingerprint density at radius 2 is 1.56 bits per heavy atom. The number of carbonyl (C=O) groups excluding carboxylic acids is 1. The van der Waals surface area contributed by atoms with Crippen molar-refractivity contribution in [3.05, 3.63) is 114 Å². The minimum Gasteiger partial charge on any atom is -0.351 e. The van der Waals surface area contributed by atoms with Crippen LogP contribution in [0.15, 0.2) is 103 Å². The van der Waals surface area contributed by atoms with Crippen molar-refractivity contribution in [1.82, 2.24) is 15.1 Å². The Kier molecular flexibility index (Phi) is 6.54. The lowest BCUT2D eigenvalue weighted by Gasteiger charge is -2.05. The maximum absolute atomic E-state index is 12.7. The first-order chi connectivity index (χ1) is 15.7. The van der Waals surface area contributed by atoms with Gasteiger partial charge in [-0.25, -0.2) is 4.68 Å². The van der Waals surface area contributed by atoms with Gasteiger partial charge in [0.1, 0.15) is 11.6 Å². The summed E-state index contributed by atoms with van der Waals surface area (Å²) in [5.41, 5.74) is 4.40. The zero-order valence-corrected chi connectivity index (χ0v) is 17.5. The number of nitriles is 1. The zero-order chi connectivity index (χ0) is 22.2. The molecule has 0 saturated heterocycles. The molecule has 5 heteroatoms. The molecule has 5 nitrogen and oxygen atoms in total. The van der Waals surface area contributed by atoms with Gasteiger partial charge in [0.25, 0.3) is 5.91 Å². The molecular formula is C27H22N4O. The summed E-state index contributed by atoms with van der Waals surface area (Å²) in [6.07, 6.45) is 4.14. The summed E-state index contributed by atoms with van der Waals surface area (Å²) in [6, 6.07) is 31.4. The Labute approximate surface area is 187 Å². The molecule has 0 radical (unpaired) electrons. The minimum absolute atomic E-state index is 0.0443. The van der Waals surface area contributed by atoms with E-state index in [-0.39, 0.29) is 5.57 Å². The highest BCUT2D eigenvalue weighted by Gasteiger charge is 2.15. The van der Waals surface area contributed by atoms with E-state index in [1.54, 1.807) is 10.8 Å². The van der Waals surface area contributed by atoms with Gasteiger partial charge >= 0.3 is 0 Å². The molecule has 0 saturated carbocycles. The van der Waals surface area contributed by atoms with Gasteiger partial charge in [0.15, 0.2) is 0 Å². The molecule has 0 atom stereocenters. The molecule has 4 aromatic rings. The molecule has 0 aliphatic rings. The van der Waals surface area contributed by atoms with Gasteiger partial charge in [-0.1, -0.05) is 78.9 Å². The van der Waals surface area contributed by atoms with Gasteiger partial charge in [-0.15, -0.1) is 0 Å². The Hall–Kier alpha value is -4.43. The Balaban J connectivity index is 1.60. The molecule has 1 amide bonds. The van der Waals surface area contributed by atoms with E-state index >= 15 is 0 Å². The van der Waals surface area contributed by atoms with E-state index < -0.39 is 5.91 Å². The molecule has 1 heterocycles. The molecule has 0 aliphatic heterocycles.